The van der Waals surface area contributed by atoms with Crippen LogP contribution in [0.3, 0.4) is 0 Å². The summed E-state index contributed by atoms with van der Waals surface area (Å²) in [4.78, 5) is 12.0. The average Bonchev–Trinajstić information content (AvgIpc) is 2.55. The summed E-state index contributed by atoms with van der Waals surface area (Å²) in [6, 6.07) is 14.0. The van der Waals surface area contributed by atoms with Gasteiger partial charge >= 0.3 is 0 Å². The van der Waals surface area contributed by atoms with Crippen LogP contribution < -0.4 is 10.1 Å². The average molecular weight is 329 g/mol. The predicted octanol–water partition coefficient (Wildman–Crippen LogP) is 4.08. The third kappa shape index (κ3) is 5.69. The van der Waals surface area contributed by atoms with Gasteiger partial charge in [-0.05, 0) is 54.7 Å². The molecule has 0 aliphatic carbocycles. The molecule has 2 aromatic rings. The molecular formula is C20H24FNO2. The van der Waals surface area contributed by atoms with E-state index in [1.165, 1.54) is 17.7 Å². The highest BCUT2D eigenvalue weighted by molar-refractivity contribution is 5.77. The van der Waals surface area contributed by atoms with Crippen LogP contribution in [0.5, 0.6) is 5.75 Å². The summed E-state index contributed by atoms with van der Waals surface area (Å²) in [5.74, 6) is 0.688. The maximum atomic E-state index is 12.9. The lowest BCUT2D eigenvalue weighted by Crippen LogP contribution is -2.37. The second-order valence-corrected chi connectivity index (χ2v) is 6.32. The van der Waals surface area contributed by atoms with Crippen LogP contribution in [0.4, 0.5) is 4.39 Å². The monoisotopic (exact) mass is 329 g/mol. The first-order valence-electron chi connectivity index (χ1n) is 8.20. The minimum atomic E-state index is -0.257. The van der Waals surface area contributed by atoms with E-state index >= 15 is 0 Å². The quantitative estimate of drug-likeness (QED) is 0.831. The minimum Gasteiger partial charge on any atom is -0.484 e. The zero-order valence-electron chi connectivity index (χ0n) is 14.4. The van der Waals surface area contributed by atoms with E-state index in [0.29, 0.717) is 18.1 Å². The number of carbonyl (C=O) groups excluding carboxylic acids is 1. The fourth-order valence-corrected chi connectivity index (χ4v) is 2.45. The van der Waals surface area contributed by atoms with Crippen LogP contribution in [0.25, 0.3) is 0 Å². The van der Waals surface area contributed by atoms with Crippen molar-refractivity contribution in [2.45, 2.75) is 39.2 Å². The van der Waals surface area contributed by atoms with Crippen LogP contribution in [-0.4, -0.2) is 18.6 Å². The molecule has 0 saturated heterocycles. The molecule has 1 N–H and O–H groups in total. The van der Waals surface area contributed by atoms with E-state index in [4.69, 9.17) is 4.74 Å². The Labute approximate surface area is 142 Å². The summed E-state index contributed by atoms with van der Waals surface area (Å²) >= 11 is 0. The smallest absolute Gasteiger partial charge is 0.258 e. The second-order valence-electron chi connectivity index (χ2n) is 6.32. The van der Waals surface area contributed by atoms with Crippen molar-refractivity contribution in [2.24, 2.45) is 0 Å². The lowest BCUT2D eigenvalue weighted by Gasteiger charge is -2.15. The molecule has 2 aromatic carbocycles. The number of hydrogen-bond acceptors (Lipinski definition) is 2. The maximum Gasteiger partial charge on any atom is 0.258 e. The van der Waals surface area contributed by atoms with Gasteiger partial charge in [-0.15, -0.1) is 0 Å². The van der Waals surface area contributed by atoms with E-state index < -0.39 is 0 Å². The normalized spacial score (nSPS) is 12.0. The number of benzene rings is 2. The molecule has 0 spiro atoms. The summed E-state index contributed by atoms with van der Waals surface area (Å²) in [5.41, 5.74) is 2.16. The predicted molar refractivity (Wildman–Crippen MR) is 93.7 cm³/mol. The lowest BCUT2D eigenvalue weighted by molar-refractivity contribution is -0.123. The highest BCUT2D eigenvalue weighted by Crippen LogP contribution is 2.20. The standard InChI is InChI=1S/C20H24FNO2/c1-14(2)17-5-4-6-19(12-17)24-13-20(23)22-15(3)11-16-7-9-18(21)10-8-16/h4-10,12,14-15H,11,13H2,1-3H3,(H,22,23). The molecule has 0 fully saturated rings. The van der Waals surface area contributed by atoms with Crippen LogP contribution in [0.1, 0.15) is 37.8 Å². The van der Waals surface area contributed by atoms with Gasteiger partial charge in [-0.2, -0.15) is 0 Å². The van der Waals surface area contributed by atoms with Gasteiger partial charge in [0.2, 0.25) is 0 Å². The fourth-order valence-electron chi connectivity index (χ4n) is 2.45. The van der Waals surface area contributed by atoms with Crippen molar-refractivity contribution in [3.8, 4) is 5.75 Å². The molecule has 0 radical (unpaired) electrons. The topological polar surface area (TPSA) is 38.3 Å². The Kier molecular flexibility index (Phi) is 6.36. The number of halogens is 1. The first-order chi connectivity index (χ1) is 11.4. The molecular weight excluding hydrogens is 305 g/mol. The Morgan fingerprint density at radius 3 is 2.50 bits per heavy atom. The number of carbonyl (C=O) groups is 1. The second kappa shape index (κ2) is 8.48. The number of ether oxygens (including phenoxy) is 1. The maximum absolute atomic E-state index is 12.9. The third-order valence-electron chi connectivity index (χ3n) is 3.76. The van der Waals surface area contributed by atoms with Crippen molar-refractivity contribution >= 4 is 5.91 Å². The number of rotatable bonds is 7. The Balaban J connectivity index is 1.80. The number of nitrogens with one attached hydrogen (secondary N) is 1. The molecule has 2 rings (SSSR count). The Morgan fingerprint density at radius 2 is 1.83 bits per heavy atom. The van der Waals surface area contributed by atoms with Crippen molar-refractivity contribution in [1.82, 2.24) is 5.32 Å². The van der Waals surface area contributed by atoms with Gasteiger partial charge in [0.1, 0.15) is 11.6 Å². The summed E-state index contributed by atoms with van der Waals surface area (Å²) in [7, 11) is 0. The van der Waals surface area contributed by atoms with Crippen molar-refractivity contribution in [2.75, 3.05) is 6.61 Å². The molecule has 3 nitrogen and oxygen atoms in total. The Bertz CT molecular complexity index is 668. The van der Waals surface area contributed by atoms with Gasteiger partial charge in [0.25, 0.3) is 5.91 Å². The van der Waals surface area contributed by atoms with Crippen molar-refractivity contribution in [3.63, 3.8) is 0 Å². The Hall–Kier alpha value is -2.36. The highest BCUT2D eigenvalue weighted by Gasteiger charge is 2.09. The van der Waals surface area contributed by atoms with Crippen LogP contribution in [0.2, 0.25) is 0 Å². The van der Waals surface area contributed by atoms with E-state index in [1.54, 1.807) is 12.1 Å². The van der Waals surface area contributed by atoms with Crippen LogP contribution in [0, 0.1) is 5.82 Å². The highest BCUT2D eigenvalue weighted by atomic mass is 19.1. The lowest BCUT2D eigenvalue weighted by atomic mass is 10.0. The van der Waals surface area contributed by atoms with E-state index in [1.807, 2.05) is 31.2 Å². The number of amides is 1. The van der Waals surface area contributed by atoms with E-state index in [0.717, 1.165) is 5.56 Å². The number of hydrogen-bond donors (Lipinski definition) is 1. The first-order valence-corrected chi connectivity index (χ1v) is 8.20. The van der Waals surface area contributed by atoms with Gasteiger partial charge in [0, 0.05) is 6.04 Å². The van der Waals surface area contributed by atoms with E-state index in [2.05, 4.69) is 19.2 Å². The Morgan fingerprint density at radius 1 is 1.12 bits per heavy atom. The molecule has 24 heavy (non-hydrogen) atoms. The fraction of sp³-hybridized carbons (Fsp3) is 0.350. The van der Waals surface area contributed by atoms with E-state index in [9.17, 15) is 9.18 Å². The SMILES string of the molecule is CC(Cc1ccc(F)cc1)NC(=O)COc1cccc(C(C)C)c1. The molecule has 1 amide bonds. The molecule has 1 unspecified atom stereocenters. The first kappa shape index (κ1) is 18.0. The summed E-state index contributed by atoms with van der Waals surface area (Å²) in [6.45, 7) is 6.13. The van der Waals surface area contributed by atoms with Gasteiger partial charge in [-0.1, -0.05) is 38.1 Å². The molecule has 0 aliphatic rings. The van der Waals surface area contributed by atoms with Gasteiger partial charge in [0.15, 0.2) is 6.61 Å². The van der Waals surface area contributed by atoms with E-state index in [-0.39, 0.29) is 24.4 Å². The van der Waals surface area contributed by atoms with Crippen molar-refractivity contribution in [3.05, 3.63) is 65.5 Å². The summed E-state index contributed by atoms with van der Waals surface area (Å²) < 4.78 is 18.5. The van der Waals surface area contributed by atoms with Gasteiger partial charge in [-0.25, -0.2) is 4.39 Å². The minimum absolute atomic E-state index is 0.0185. The molecule has 0 heterocycles. The molecule has 128 valence electrons. The van der Waals surface area contributed by atoms with Crippen LogP contribution in [0.15, 0.2) is 48.5 Å². The molecule has 0 aromatic heterocycles. The zero-order valence-corrected chi connectivity index (χ0v) is 14.4. The largest absolute Gasteiger partial charge is 0.484 e. The van der Waals surface area contributed by atoms with Gasteiger partial charge < -0.3 is 10.1 Å². The third-order valence-corrected chi connectivity index (χ3v) is 3.76. The molecule has 0 bridgehead atoms. The molecule has 1 atom stereocenters. The van der Waals surface area contributed by atoms with Gasteiger partial charge in [0.05, 0.1) is 0 Å². The molecule has 0 aliphatic heterocycles. The zero-order chi connectivity index (χ0) is 17.5. The van der Waals surface area contributed by atoms with Crippen LogP contribution >= 0.6 is 0 Å². The van der Waals surface area contributed by atoms with Gasteiger partial charge in [-0.3, -0.25) is 4.79 Å². The summed E-state index contributed by atoms with van der Waals surface area (Å²) in [6.07, 6.45) is 0.648. The summed E-state index contributed by atoms with van der Waals surface area (Å²) in [5, 5.41) is 2.89. The van der Waals surface area contributed by atoms with Crippen molar-refractivity contribution in [1.29, 1.82) is 0 Å². The van der Waals surface area contributed by atoms with Crippen molar-refractivity contribution < 1.29 is 13.9 Å². The van der Waals surface area contributed by atoms with Crippen LogP contribution in [-0.2, 0) is 11.2 Å². The molecule has 0 saturated carbocycles. The molecule has 4 heteroatoms.